The molecule has 2 aromatic rings. The molecular formula is C24H29F3N4O3. The lowest BCUT2D eigenvalue weighted by Crippen LogP contribution is -2.50. The van der Waals surface area contributed by atoms with E-state index in [0.29, 0.717) is 37.8 Å². The second-order valence-corrected chi connectivity index (χ2v) is 9.87. The molecule has 4 rings (SSSR count). The van der Waals surface area contributed by atoms with E-state index in [1.165, 1.54) is 6.07 Å². The number of hydrogen-bond acceptors (Lipinski definition) is 6. The number of aromatic hydroxyl groups is 1. The largest absolute Gasteiger partial charge is 0.507 e. The molecule has 0 aliphatic carbocycles. The number of piperidine rings is 1. The van der Waals surface area contributed by atoms with E-state index < -0.39 is 23.1 Å². The van der Waals surface area contributed by atoms with Gasteiger partial charge in [-0.2, -0.15) is 13.2 Å². The van der Waals surface area contributed by atoms with Crippen molar-refractivity contribution in [3.05, 3.63) is 34.9 Å². The van der Waals surface area contributed by atoms with Gasteiger partial charge in [0.25, 0.3) is 0 Å². The number of nitrogens with zero attached hydrogens (tertiary/aromatic N) is 4. The number of hydrogen-bond donors (Lipinski definition) is 1. The van der Waals surface area contributed by atoms with Crippen molar-refractivity contribution in [3.8, 4) is 17.0 Å². The summed E-state index contributed by atoms with van der Waals surface area (Å²) in [6.45, 7) is 9.24. The number of halogens is 3. The zero-order valence-electron chi connectivity index (χ0n) is 19.7. The first-order chi connectivity index (χ1) is 15.8. The quantitative estimate of drug-likeness (QED) is 0.659. The monoisotopic (exact) mass is 478 g/mol. The molecule has 1 saturated heterocycles. The highest BCUT2D eigenvalue weighted by Crippen LogP contribution is 2.40. The molecule has 0 radical (unpaired) electrons. The van der Waals surface area contributed by atoms with Crippen LogP contribution in [0.2, 0.25) is 0 Å². The number of amides is 1. The predicted molar refractivity (Wildman–Crippen MR) is 121 cm³/mol. The van der Waals surface area contributed by atoms with Gasteiger partial charge in [0.1, 0.15) is 11.4 Å². The van der Waals surface area contributed by atoms with Crippen LogP contribution in [0.1, 0.15) is 50.3 Å². The van der Waals surface area contributed by atoms with E-state index in [1.54, 1.807) is 4.90 Å². The SMILES string of the molecule is Cc1c(-c2ccc(C(F)(F)F)cc2O)nnc2c1CCN2[C@@H]1CCCN(C(=O)OC(C)(C)C)C1. The second-order valence-electron chi connectivity index (χ2n) is 9.87. The molecule has 1 amide bonds. The number of ether oxygens (including phenoxy) is 1. The first kappa shape index (κ1) is 24.1. The Hall–Kier alpha value is -3.04. The predicted octanol–water partition coefficient (Wildman–Crippen LogP) is 4.94. The Morgan fingerprint density at radius 1 is 1.18 bits per heavy atom. The number of aromatic nitrogens is 2. The summed E-state index contributed by atoms with van der Waals surface area (Å²) in [6, 6.07) is 2.95. The van der Waals surface area contributed by atoms with E-state index in [4.69, 9.17) is 4.74 Å². The number of benzene rings is 1. The van der Waals surface area contributed by atoms with E-state index in [1.807, 2.05) is 27.7 Å². The molecular weight excluding hydrogens is 449 g/mol. The molecule has 0 unspecified atom stereocenters. The number of carbonyl (C=O) groups excluding carboxylic acids is 1. The number of carbonyl (C=O) groups is 1. The standard InChI is InChI=1S/C24H29F3N4O3/c1-14-17-9-11-31(16-6-5-10-30(13-16)22(33)34-23(2,3)4)21(17)29-28-20(14)18-8-7-15(12-19(18)32)24(25,26)27/h7-8,12,16,32H,5-6,9-11,13H2,1-4H3/t16-/m1/s1. The minimum absolute atomic E-state index is 0.0709. The molecule has 10 heteroatoms. The van der Waals surface area contributed by atoms with E-state index >= 15 is 0 Å². The van der Waals surface area contributed by atoms with Gasteiger partial charge < -0.3 is 19.6 Å². The first-order valence-electron chi connectivity index (χ1n) is 11.4. The van der Waals surface area contributed by atoms with Crippen LogP contribution >= 0.6 is 0 Å². The van der Waals surface area contributed by atoms with Crippen molar-refractivity contribution >= 4 is 11.9 Å². The number of likely N-dealkylation sites (tertiary alicyclic amines) is 1. The second kappa shape index (κ2) is 8.63. The normalized spacial score (nSPS) is 18.7. The lowest BCUT2D eigenvalue weighted by molar-refractivity contribution is -0.137. The van der Waals surface area contributed by atoms with Gasteiger partial charge in [0.15, 0.2) is 5.82 Å². The first-order valence-corrected chi connectivity index (χ1v) is 11.4. The van der Waals surface area contributed by atoms with E-state index in [2.05, 4.69) is 15.1 Å². The lowest BCUT2D eigenvalue weighted by atomic mass is 10.00. The number of phenolic OH excluding ortho intramolecular Hbond substituents is 1. The van der Waals surface area contributed by atoms with Gasteiger partial charge in [-0.3, -0.25) is 0 Å². The fourth-order valence-corrected chi connectivity index (χ4v) is 4.63. The number of fused-ring (bicyclic) bond motifs is 1. The molecule has 0 bridgehead atoms. The van der Waals surface area contributed by atoms with Gasteiger partial charge in [0.05, 0.1) is 11.3 Å². The van der Waals surface area contributed by atoms with Gasteiger partial charge in [-0.05, 0) is 70.7 Å². The van der Waals surface area contributed by atoms with E-state index in [0.717, 1.165) is 35.9 Å². The third kappa shape index (κ3) is 4.76. The van der Waals surface area contributed by atoms with Crippen LogP contribution in [0.25, 0.3) is 11.3 Å². The summed E-state index contributed by atoms with van der Waals surface area (Å²) in [6.07, 6.45) is -2.41. The van der Waals surface area contributed by atoms with Crippen molar-refractivity contribution in [1.29, 1.82) is 0 Å². The molecule has 0 saturated carbocycles. The van der Waals surface area contributed by atoms with Gasteiger partial charge in [0.2, 0.25) is 0 Å². The van der Waals surface area contributed by atoms with Gasteiger partial charge in [-0.1, -0.05) is 0 Å². The summed E-state index contributed by atoms with van der Waals surface area (Å²) >= 11 is 0. The topological polar surface area (TPSA) is 78.8 Å². The molecule has 1 aromatic carbocycles. The van der Waals surface area contributed by atoms with E-state index in [9.17, 15) is 23.1 Å². The van der Waals surface area contributed by atoms with Crippen molar-refractivity contribution in [2.24, 2.45) is 0 Å². The van der Waals surface area contributed by atoms with Crippen LogP contribution in [0.15, 0.2) is 18.2 Å². The number of rotatable bonds is 2. The summed E-state index contributed by atoms with van der Waals surface area (Å²) in [5.74, 6) is 0.242. The maximum absolute atomic E-state index is 13.0. The molecule has 0 spiro atoms. The van der Waals surface area contributed by atoms with Gasteiger partial charge >= 0.3 is 12.3 Å². The van der Waals surface area contributed by atoms with Crippen molar-refractivity contribution in [2.45, 2.75) is 64.8 Å². The Kier molecular flexibility index (Phi) is 6.12. The summed E-state index contributed by atoms with van der Waals surface area (Å²) < 4.78 is 44.4. The highest BCUT2D eigenvalue weighted by atomic mass is 19.4. The summed E-state index contributed by atoms with van der Waals surface area (Å²) in [7, 11) is 0. The highest BCUT2D eigenvalue weighted by molar-refractivity contribution is 5.73. The minimum atomic E-state index is -4.54. The minimum Gasteiger partial charge on any atom is -0.507 e. The Morgan fingerprint density at radius 3 is 2.56 bits per heavy atom. The van der Waals surface area contributed by atoms with Gasteiger partial charge in [0, 0.05) is 36.8 Å². The number of anilines is 1. The molecule has 2 aliphatic heterocycles. The van der Waals surface area contributed by atoms with Gasteiger partial charge in [-0.25, -0.2) is 4.79 Å². The number of phenols is 1. The maximum atomic E-state index is 13.0. The zero-order chi connectivity index (χ0) is 24.8. The molecule has 1 fully saturated rings. The molecule has 34 heavy (non-hydrogen) atoms. The van der Waals surface area contributed by atoms with Crippen LogP contribution in [0, 0.1) is 6.92 Å². The Balaban J connectivity index is 1.57. The zero-order valence-corrected chi connectivity index (χ0v) is 19.7. The maximum Gasteiger partial charge on any atom is 0.416 e. The fraction of sp³-hybridized carbons (Fsp3) is 0.542. The molecule has 2 aliphatic rings. The third-order valence-corrected chi connectivity index (χ3v) is 6.27. The Morgan fingerprint density at radius 2 is 1.91 bits per heavy atom. The van der Waals surface area contributed by atoms with Crippen LogP contribution in [0.5, 0.6) is 5.75 Å². The summed E-state index contributed by atoms with van der Waals surface area (Å²) in [4.78, 5) is 16.4. The van der Waals surface area contributed by atoms with Crippen molar-refractivity contribution < 1.29 is 27.8 Å². The van der Waals surface area contributed by atoms with Crippen LogP contribution in [0.3, 0.4) is 0 Å². The third-order valence-electron chi connectivity index (χ3n) is 6.27. The summed E-state index contributed by atoms with van der Waals surface area (Å²) in [5, 5.41) is 19.0. The highest BCUT2D eigenvalue weighted by Gasteiger charge is 2.36. The van der Waals surface area contributed by atoms with Crippen LogP contribution in [-0.4, -0.2) is 57.6 Å². The van der Waals surface area contributed by atoms with Crippen molar-refractivity contribution in [1.82, 2.24) is 15.1 Å². The Labute approximate surface area is 196 Å². The average Bonchev–Trinajstić information content (AvgIpc) is 3.18. The van der Waals surface area contributed by atoms with Crippen molar-refractivity contribution in [2.75, 3.05) is 24.5 Å². The van der Waals surface area contributed by atoms with Crippen LogP contribution < -0.4 is 4.90 Å². The molecule has 1 atom stereocenters. The van der Waals surface area contributed by atoms with Crippen LogP contribution in [-0.2, 0) is 17.3 Å². The molecule has 7 nitrogen and oxygen atoms in total. The van der Waals surface area contributed by atoms with E-state index in [-0.39, 0.29) is 17.7 Å². The molecule has 3 heterocycles. The smallest absolute Gasteiger partial charge is 0.416 e. The molecule has 1 N–H and O–H groups in total. The molecule has 1 aromatic heterocycles. The molecule has 184 valence electrons. The lowest BCUT2D eigenvalue weighted by Gasteiger charge is -2.38. The van der Waals surface area contributed by atoms with Crippen molar-refractivity contribution in [3.63, 3.8) is 0 Å². The Bertz CT molecular complexity index is 1100. The van der Waals surface area contributed by atoms with Crippen LogP contribution in [0.4, 0.5) is 23.8 Å². The summed E-state index contributed by atoms with van der Waals surface area (Å²) in [5.41, 5.74) is 0.839. The van der Waals surface area contributed by atoms with Gasteiger partial charge in [-0.15, -0.1) is 10.2 Å². The fourth-order valence-electron chi connectivity index (χ4n) is 4.63. The number of alkyl halides is 3. The average molecular weight is 479 g/mol.